The van der Waals surface area contributed by atoms with Crippen LogP contribution in [-0.2, 0) is 42.9 Å². The van der Waals surface area contributed by atoms with Crippen molar-refractivity contribution in [3.8, 4) is 0 Å². The summed E-state index contributed by atoms with van der Waals surface area (Å²) in [5.41, 5.74) is 0. The Morgan fingerprint density at radius 2 is 0.687 bits per heavy atom. The minimum atomic E-state index is -1.90. The molecule has 1 rings (SSSR count). The Morgan fingerprint density at radius 1 is 0.386 bits per heavy atom. The van der Waals surface area contributed by atoms with Gasteiger partial charge in [-0.15, -0.1) is 0 Å². The smallest absolute Gasteiger partial charge is 0.335 e. The molecule has 1 heterocycles. The van der Waals surface area contributed by atoms with Gasteiger partial charge >= 0.3 is 23.9 Å². The van der Waals surface area contributed by atoms with Crippen molar-refractivity contribution in [3.63, 3.8) is 0 Å². The minimum Gasteiger partial charge on any atom is -0.479 e. The van der Waals surface area contributed by atoms with Crippen LogP contribution in [0.25, 0.3) is 0 Å². The summed E-state index contributed by atoms with van der Waals surface area (Å²) in [5.74, 6) is -3.06. The summed E-state index contributed by atoms with van der Waals surface area (Å²) < 4.78 is 28.7. The van der Waals surface area contributed by atoms with Crippen LogP contribution in [0, 0.1) is 0 Å². The van der Waals surface area contributed by atoms with Crippen LogP contribution in [0.15, 0.2) is 12.2 Å². The molecule has 0 amide bonds. The van der Waals surface area contributed by atoms with E-state index in [1.54, 1.807) is 0 Å². The molecule has 3 N–H and O–H groups in total. The largest absolute Gasteiger partial charge is 0.479 e. The lowest BCUT2D eigenvalue weighted by Crippen LogP contribution is -2.61. The predicted octanol–water partition coefficient (Wildman–Crippen LogP) is 19.6. The molecule has 1 aliphatic rings. The Morgan fingerprint density at radius 3 is 1.02 bits per heavy atom. The van der Waals surface area contributed by atoms with Gasteiger partial charge in [-0.05, 0) is 44.9 Å². The van der Waals surface area contributed by atoms with E-state index in [1.165, 1.54) is 250 Å². The van der Waals surface area contributed by atoms with E-state index in [0.717, 1.165) is 57.8 Å². The summed E-state index contributed by atoms with van der Waals surface area (Å²) in [5, 5.41) is 31.7. The minimum absolute atomic E-state index is 0.0694. The molecule has 12 heteroatoms. The van der Waals surface area contributed by atoms with Gasteiger partial charge in [0.2, 0.25) is 0 Å². The van der Waals surface area contributed by atoms with Gasteiger partial charge in [-0.2, -0.15) is 0 Å². The average molecular weight is 1180 g/mol. The van der Waals surface area contributed by atoms with E-state index in [-0.39, 0.29) is 25.9 Å². The molecule has 0 aromatic carbocycles. The number of allylic oxidation sites excluding steroid dienone is 2. The molecular formula is C71H132O12. The Bertz CT molecular complexity index is 1490. The normalized spacial score (nSPS) is 17.5. The molecule has 12 nitrogen and oxygen atoms in total. The molecule has 488 valence electrons. The van der Waals surface area contributed by atoms with Gasteiger partial charge in [-0.3, -0.25) is 14.4 Å². The fourth-order valence-electron chi connectivity index (χ4n) is 11.4. The Hall–Kier alpha value is -2.54. The Labute approximate surface area is 509 Å². The second kappa shape index (κ2) is 59.8. The summed E-state index contributed by atoms with van der Waals surface area (Å²) in [6.07, 6.45) is 57.4. The molecule has 6 unspecified atom stereocenters. The highest BCUT2D eigenvalue weighted by atomic mass is 16.7. The monoisotopic (exact) mass is 1180 g/mol. The highest BCUT2D eigenvalue weighted by molar-refractivity contribution is 5.74. The lowest BCUT2D eigenvalue weighted by Gasteiger charge is -2.40. The number of ether oxygens (including phenoxy) is 5. The zero-order chi connectivity index (χ0) is 60.3. The fourth-order valence-corrected chi connectivity index (χ4v) is 11.4. The summed E-state index contributed by atoms with van der Waals surface area (Å²) in [6, 6.07) is 0. The maximum absolute atomic E-state index is 13.2. The Kier molecular flexibility index (Phi) is 56.5. The van der Waals surface area contributed by atoms with E-state index in [1.807, 2.05) is 0 Å². The van der Waals surface area contributed by atoms with Gasteiger partial charge in [0, 0.05) is 19.3 Å². The van der Waals surface area contributed by atoms with Gasteiger partial charge in [0.05, 0.1) is 6.61 Å². The summed E-state index contributed by atoms with van der Waals surface area (Å²) in [6.45, 7) is 6.08. The van der Waals surface area contributed by atoms with Gasteiger partial charge in [0.25, 0.3) is 0 Å². The lowest BCUT2D eigenvalue weighted by atomic mass is 9.98. The average Bonchev–Trinajstić information content (AvgIpc) is 3.58. The predicted molar refractivity (Wildman–Crippen MR) is 340 cm³/mol. The van der Waals surface area contributed by atoms with Crippen LogP contribution in [0.3, 0.4) is 0 Å². The van der Waals surface area contributed by atoms with Crippen LogP contribution >= 0.6 is 0 Å². The van der Waals surface area contributed by atoms with Crippen molar-refractivity contribution in [2.45, 2.75) is 404 Å². The van der Waals surface area contributed by atoms with Crippen LogP contribution < -0.4 is 0 Å². The molecule has 1 saturated heterocycles. The number of hydrogen-bond acceptors (Lipinski definition) is 11. The van der Waals surface area contributed by atoms with Gasteiger partial charge in [-0.1, -0.05) is 315 Å². The number of carbonyl (C=O) groups excluding carboxylic acids is 3. The van der Waals surface area contributed by atoms with E-state index in [2.05, 4.69) is 32.9 Å². The second-order valence-electron chi connectivity index (χ2n) is 24.9. The van der Waals surface area contributed by atoms with Gasteiger partial charge in [0.1, 0.15) is 18.8 Å². The molecule has 1 aliphatic heterocycles. The van der Waals surface area contributed by atoms with E-state index in [0.29, 0.717) is 19.3 Å². The van der Waals surface area contributed by atoms with Crippen molar-refractivity contribution >= 4 is 23.9 Å². The number of rotatable bonds is 63. The zero-order valence-corrected chi connectivity index (χ0v) is 54.2. The maximum Gasteiger partial charge on any atom is 0.335 e. The first kappa shape index (κ1) is 78.5. The van der Waals surface area contributed by atoms with Crippen molar-refractivity contribution in [2.75, 3.05) is 13.2 Å². The molecule has 0 saturated carbocycles. The van der Waals surface area contributed by atoms with Gasteiger partial charge in [0.15, 0.2) is 24.6 Å². The van der Waals surface area contributed by atoms with E-state index in [4.69, 9.17) is 23.7 Å². The molecule has 0 radical (unpaired) electrons. The first-order valence-corrected chi connectivity index (χ1v) is 35.7. The van der Waals surface area contributed by atoms with E-state index in [9.17, 15) is 34.5 Å². The Balaban J connectivity index is 2.60. The number of unbranched alkanes of at least 4 members (excludes halogenated alkanes) is 47. The highest BCUT2D eigenvalue weighted by Crippen LogP contribution is 2.27. The molecule has 0 aliphatic carbocycles. The second-order valence-corrected chi connectivity index (χ2v) is 24.9. The maximum atomic E-state index is 13.2. The quantitative estimate of drug-likeness (QED) is 0.0228. The fraction of sp³-hybridized carbons (Fsp3) is 0.915. The number of aliphatic hydroxyl groups is 2. The topological polar surface area (TPSA) is 175 Å². The van der Waals surface area contributed by atoms with Crippen molar-refractivity contribution < 1.29 is 58.2 Å². The number of carboxylic acid groups (broad SMARTS) is 1. The SMILES string of the molecule is CCCCCCCC/C=C\CCCCCCCCCCCC(=O)OCC(COC1OC(C(=O)O)C(O)C(O)C1OC(=O)CCCCCCCCCCCCCCCCC)OC(=O)CCCCCCCCCCCCCCCCCCCCC. The molecule has 0 aromatic rings. The van der Waals surface area contributed by atoms with Crippen LogP contribution in [0.4, 0.5) is 0 Å². The number of hydrogen-bond donors (Lipinski definition) is 3. The lowest BCUT2D eigenvalue weighted by molar-refractivity contribution is -0.301. The third-order valence-electron chi connectivity index (χ3n) is 16.8. The van der Waals surface area contributed by atoms with E-state index >= 15 is 0 Å². The summed E-state index contributed by atoms with van der Waals surface area (Å²) in [4.78, 5) is 51.5. The molecule has 6 atom stereocenters. The first-order chi connectivity index (χ1) is 40.6. The van der Waals surface area contributed by atoms with E-state index < -0.39 is 67.3 Å². The van der Waals surface area contributed by atoms with Gasteiger partial charge in [-0.25, -0.2) is 4.79 Å². The number of carboxylic acids is 1. The standard InChI is InChI=1S/C71H132O12/c1-4-7-10-13-16-19-22-25-28-30-32-34-37-39-42-45-48-51-54-57-63(72)79-60-62(81-64(73)58-55-52-49-46-43-41-38-35-33-31-29-26-23-20-17-14-11-8-5-2)61-80-71-69(67(76)66(75)68(83-71)70(77)78)82-65(74)59-56-53-50-47-44-40-36-27-24-21-18-15-12-9-6-3/h25,28,62,66-69,71,75-76H,4-24,26-27,29-61H2,1-3H3,(H,77,78)/b28-25-. The van der Waals surface area contributed by atoms with Crippen molar-refractivity contribution in [1.82, 2.24) is 0 Å². The van der Waals surface area contributed by atoms with Crippen molar-refractivity contribution in [1.29, 1.82) is 0 Å². The summed E-state index contributed by atoms with van der Waals surface area (Å²) >= 11 is 0. The third kappa shape index (κ3) is 49.2. The van der Waals surface area contributed by atoms with Crippen LogP contribution in [-0.4, -0.2) is 89.2 Å². The molecular weight excluding hydrogens is 1040 g/mol. The van der Waals surface area contributed by atoms with Crippen LogP contribution in [0.1, 0.15) is 367 Å². The number of carbonyl (C=O) groups is 4. The van der Waals surface area contributed by atoms with Crippen LogP contribution in [0.2, 0.25) is 0 Å². The van der Waals surface area contributed by atoms with Gasteiger partial charge < -0.3 is 39.0 Å². The molecule has 0 spiro atoms. The molecule has 0 aromatic heterocycles. The number of aliphatic carboxylic acids is 1. The molecule has 83 heavy (non-hydrogen) atoms. The van der Waals surface area contributed by atoms with Crippen LogP contribution in [0.5, 0.6) is 0 Å². The molecule has 1 fully saturated rings. The third-order valence-corrected chi connectivity index (χ3v) is 16.8. The first-order valence-electron chi connectivity index (χ1n) is 35.7. The zero-order valence-electron chi connectivity index (χ0n) is 54.2. The number of aliphatic hydroxyl groups excluding tert-OH is 2. The number of esters is 3. The summed E-state index contributed by atoms with van der Waals surface area (Å²) in [7, 11) is 0. The van der Waals surface area contributed by atoms with Crippen molar-refractivity contribution in [3.05, 3.63) is 12.2 Å². The van der Waals surface area contributed by atoms with Crippen molar-refractivity contribution in [2.24, 2.45) is 0 Å². The molecule has 0 bridgehead atoms. The highest BCUT2D eigenvalue weighted by Gasteiger charge is 2.50.